The van der Waals surface area contributed by atoms with Crippen molar-refractivity contribution in [3.63, 3.8) is 0 Å². The number of fused-ring (bicyclic) bond motifs is 1. The summed E-state index contributed by atoms with van der Waals surface area (Å²) >= 11 is 0. The number of ether oxygens (including phenoxy) is 1. The van der Waals surface area contributed by atoms with Gasteiger partial charge in [0.15, 0.2) is 4.75 Å². The maximum Gasteiger partial charge on any atom is 0.250 e. The van der Waals surface area contributed by atoms with E-state index in [4.69, 9.17) is 4.74 Å². The highest BCUT2D eigenvalue weighted by atomic mass is 32.2. The lowest BCUT2D eigenvalue weighted by Gasteiger charge is -2.23. The van der Waals surface area contributed by atoms with E-state index in [1.54, 1.807) is 42.5 Å². The van der Waals surface area contributed by atoms with Gasteiger partial charge in [-0.1, -0.05) is 30.4 Å². The van der Waals surface area contributed by atoms with Gasteiger partial charge in [0.1, 0.15) is 12.4 Å². The minimum absolute atomic E-state index is 0.186. The molecule has 1 N–H and O–H groups in total. The number of nitrogens with one attached hydrogen (secondary N) is 1. The molecular formula is C21H22N2O4S. The van der Waals surface area contributed by atoms with Crippen LogP contribution in [0.2, 0.25) is 0 Å². The first-order valence-corrected chi connectivity index (χ1v) is 10.6. The normalized spacial score (nSPS) is 24.3. The van der Waals surface area contributed by atoms with Crippen LogP contribution in [0.1, 0.15) is 12.0 Å². The molecule has 4 rings (SSSR count). The van der Waals surface area contributed by atoms with Crippen molar-refractivity contribution in [3.05, 3.63) is 66.7 Å². The predicted molar refractivity (Wildman–Crippen MR) is 109 cm³/mol. The summed E-state index contributed by atoms with van der Waals surface area (Å²) in [4.78, 5) is 12.9. The molecule has 1 heterocycles. The van der Waals surface area contributed by atoms with E-state index in [9.17, 15) is 13.2 Å². The van der Waals surface area contributed by atoms with Crippen LogP contribution in [-0.2, 0) is 14.8 Å². The second-order valence-electron chi connectivity index (χ2n) is 7.24. The standard InChI is InChI=1S/C21H22N2O4S/c1-3-12-27-19-10-6-17(7-11-19)22-20(24)21-13-16(21)14-23(28(21,25)26)18-8-4-15(2)5-9-18/h3-11,16H,1,12-14H2,2H3,(H,22,24)/t16-,21+/m0/s1. The van der Waals surface area contributed by atoms with Gasteiger partial charge in [0, 0.05) is 18.2 Å². The number of sulfonamides is 1. The summed E-state index contributed by atoms with van der Waals surface area (Å²) < 4.78 is 31.8. The fourth-order valence-electron chi connectivity index (χ4n) is 3.71. The molecule has 7 heteroatoms. The SMILES string of the molecule is C=CCOc1ccc(NC(=O)[C@@]23C[C@H]2CN(c2ccc(C)cc2)S3(=O)=O)cc1. The number of anilines is 2. The summed E-state index contributed by atoms with van der Waals surface area (Å²) in [5, 5.41) is 2.77. The number of benzene rings is 2. The molecule has 2 aromatic rings. The number of aryl methyl sites for hydroxylation is 1. The van der Waals surface area contributed by atoms with E-state index in [0.29, 0.717) is 36.7 Å². The number of hydrogen-bond donors (Lipinski definition) is 1. The Kier molecular flexibility index (Phi) is 4.42. The Morgan fingerprint density at radius 3 is 2.57 bits per heavy atom. The second kappa shape index (κ2) is 6.67. The molecular weight excluding hydrogens is 376 g/mol. The van der Waals surface area contributed by atoms with Gasteiger partial charge in [0.05, 0.1) is 5.69 Å². The zero-order valence-electron chi connectivity index (χ0n) is 15.6. The fourth-order valence-corrected chi connectivity index (χ4v) is 6.07. The first-order chi connectivity index (χ1) is 13.4. The predicted octanol–water partition coefficient (Wildman–Crippen LogP) is 3.11. The summed E-state index contributed by atoms with van der Waals surface area (Å²) in [5.74, 6) is 0.000248. The van der Waals surface area contributed by atoms with E-state index in [2.05, 4.69) is 11.9 Å². The molecule has 0 aromatic heterocycles. The van der Waals surface area contributed by atoms with Crippen molar-refractivity contribution in [1.29, 1.82) is 0 Å². The summed E-state index contributed by atoms with van der Waals surface area (Å²) in [7, 11) is -3.77. The smallest absolute Gasteiger partial charge is 0.250 e. The zero-order chi connectivity index (χ0) is 19.9. The lowest BCUT2D eigenvalue weighted by molar-refractivity contribution is -0.116. The molecule has 0 radical (unpaired) electrons. The molecule has 2 aromatic carbocycles. The molecule has 146 valence electrons. The Morgan fingerprint density at radius 1 is 1.25 bits per heavy atom. The van der Waals surface area contributed by atoms with Gasteiger partial charge >= 0.3 is 0 Å². The molecule has 1 saturated carbocycles. The molecule has 0 unspecified atom stereocenters. The van der Waals surface area contributed by atoms with Gasteiger partial charge in [-0.3, -0.25) is 9.10 Å². The number of amides is 1. The number of nitrogens with zero attached hydrogens (tertiary/aromatic N) is 1. The number of hydrogen-bond acceptors (Lipinski definition) is 4. The van der Waals surface area contributed by atoms with Crippen molar-refractivity contribution in [2.45, 2.75) is 18.1 Å². The van der Waals surface area contributed by atoms with Crippen LogP contribution in [-0.4, -0.2) is 32.2 Å². The minimum atomic E-state index is -3.77. The van der Waals surface area contributed by atoms with Crippen molar-refractivity contribution in [2.24, 2.45) is 5.92 Å². The Balaban J connectivity index is 1.52. The summed E-state index contributed by atoms with van der Waals surface area (Å²) in [6.07, 6.45) is 2.01. The molecule has 0 bridgehead atoms. The van der Waals surface area contributed by atoms with Crippen molar-refractivity contribution < 1.29 is 17.9 Å². The van der Waals surface area contributed by atoms with E-state index in [0.717, 1.165) is 5.56 Å². The van der Waals surface area contributed by atoms with Crippen LogP contribution in [0.25, 0.3) is 0 Å². The van der Waals surface area contributed by atoms with Gasteiger partial charge in [0.2, 0.25) is 15.9 Å². The van der Waals surface area contributed by atoms with Crippen LogP contribution < -0.4 is 14.4 Å². The topological polar surface area (TPSA) is 75.7 Å². The highest BCUT2D eigenvalue weighted by Crippen LogP contribution is 2.58. The van der Waals surface area contributed by atoms with Crippen LogP contribution in [0.3, 0.4) is 0 Å². The molecule has 0 spiro atoms. The van der Waals surface area contributed by atoms with Crippen molar-refractivity contribution in [1.82, 2.24) is 0 Å². The molecule has 1 aliphatic carbocycles. The Hall–Kier alpha value is -2.80. The fraction of sp³-hybridized carbons (Fsp3) is 0.286. The van der Waals surface area contributed by atoms with Crippen LogP contribution >= 0.6 is 0 Å². The minimum Gasteiger partial charge on any atom is -0.490 e. The van der Waals surface area contributed by atoms with E-state index in [1.165, 1.54) is 4.31 Å². The highest BCUT2D eigenvalue weighted by molar-refractivity contribution is 7.95. The maximum absolute atomic E-state index is 13.2. The number of carbonyl (C=O) groups is 1. The van der Waals surface area contributed by atoms with Crippen LogP contribution in [0.4, 0.5) is 11.4 Å². The van der Waals surface area contributed by atoms with E-state index in [1.807, 2.05) is 19.1 Å². The van der Waals surface area contributed by atoms with Gasteiger partial charge in [0.25, 0.3) is 0 Å². The monoisotopic (exact) mass is 398 g/mol. The lowest BCUT2D eigenvalue weighted by atomic mass is 10.2. The molecule has 6 nitrogen and oxygen atoms in total. The molecule has 2 fully saturated rings. The second-order valence-corrected chi connectivity index (χ2v) is 9.36. The van der Waals surface area contributed by atoms with E-state index < -0.39 is 20.7 Å². The average molecular weight is 398 g/mol. The third kappa shape index (κ3) is 2.86. The lowest BCUT2D eigenvalue weighted by Crippen LogP contribution is -2.42. The van der Waals surface area contributed by atoms with Crippen molar-refractivity contribution >= 4 is 27.3 Å². The molecule has 1 aliphatic heterocycles. The summed E-state index contributed by atoms with van der Waals surface area (Å²) in [6.45, 7) is 6.27. The third-order valence-corrected chi connectivity index (χ3v) is 7.92. The van der Waals surface area contributed by atoms with Gasteiger partial charge in [-0.15, -0.1) is 0 Å². The highest BCUT2D eigenvalue weighted by Gasteiger charge is 2.75. The quantitative estimate of drug-likeness (QED) is 0.759. The zero-order valence-corrected chi connectivity index (χ0v) is 16.4. The van der Waals surface area contributed by atoms with Crippen LogP contribution in [0.15, 0.2) is 61.2 Å². The van der Waals surface area contributed by atoms with E-state index in [-0.39, 0.29) is 5.92 Å². The molecule has 1 amide bonds. The van der Waals surface area contributed by atoms with Gasteiger partial charge in [-0.2, -0.15) is 0 Å². The van der Waals surface area contributed by atoms with Crippen LogP contribution in [0, 0.1) is 12.8 Å². The van der Waals surface area contributed by atoms with Crippen molar-refractivity contribution in [2.75, 3.05) is 22.8 Å². The Morgan fingerprint density at radius 2 is 1.93 bits per heavy atom. The first kappa shape index (κ1) is 18.6. The van der Waals surface area contributed by atoms with E-state index >= 15 is 0 Å². The summed E-state index contributed by atoms with van der Waals surface area (Å²) in [6, 6.07) is 14.2. The molecule has 1 saturated heterocycles. The summed E-state index contributed by atoms with van der Waals surface area (Å²) in [5.41, 5.74) is 2.20. The Labute approximate surface area is 164 Å². The molecule has 28 heavy (non-hydrogen) atoms. The number of carbonyl (C=O) groups excluding carboxylic acids is 1. The Bertz CT molecular complexity index is 1020. The molecule has 2 atom stereocenters. The van der Waals surface area contributed by atoms with Crippen molar-refractivity contribution in [3.8, 4) is 5.75 Å². The first-order valence-electron chi connectivity index (χ1n) is 9.12. The third-order valence-electron chi connectivity index (χ3n) is 5.37. The largest absolute Gasteiger partial charge is 0.490 e. The van der Waals surface area contributed by atoms with Gasteiger partial charge < -0.3 is 10.1 Å². The van der Waals surface area contributed by atoms with Gasteiger partial charge in [-0.25, -0.2) is 8.42 Å². The average Bonchev–Trinajstić information content (AvgIpc) is 3.37. The van der Waals surface area contributed by atoms with Crippen LogP contribution in [0.5, 0.6) is 5.75 Å². The van der Waals surface area contributed by atoms with Gasteiger partial charge in [-0.05, 0) is 49.7 Å². The number of rotatable bonds is 6. The maximum atomic E-state index is 13.2. The molecule has 2 aliphatic rings.